The van der Waals surface area contributed by atoms with Crippen LogP contribution in [0, 0.1) is 0 Å². The summed E-state index contributed by atoms with van der Waals surface area (Å²) in [5, 5.41) is 0. The third kappa shape index (κ3) is 1.84. The summed E-state index contributed by atoms with van der Waals surface area (Å²) in [5.41, 5.74) is 3.46. The van der Waals surface area contributed by atoms with E-state index < -0.39 is 0 Å². The number of rotatable bonds is 3. The standard InChI is InChI=1S/C15H14N2O/c1-2-18-13-7-5-12(6-8-13)14-4-3-9-17-11-16-10-15(14)17/h3-11H,2H2,1H3. The molecule has 0 atom stereocenters. The van der Waals surface area contributed by atoms with Crippen molar-refractivity contribution in [2.45, 2.75) is 6.92 Å². The maximum absolute atomic E-state index is 5.45. The average molecular weight is 238 g/mol. The molecule has 3 aromatic rings. The second-order valence-electron chi connectivity index (χ2n) is 4.07. The minimum atomic E-state index is 0.692. The largest absolute Gasteiger partial charge is 0.494 e. The van der Waals surface area contributed by atoms with Gasteiger partial charge in [0.05, 0.1) is 24.6 Å². The first-order valence-corrected chi connectivity index (χ1v) is 6.02. The molecule has 0 aliphatic rings. The topological polar surface area (TPSA) is 26.5 Å². The van der Waals surface area contributed by atoms with Gasteiger partial charge in [-0.2, -0.15) is 0 Å². The predicted molar refractivity (Wildman–Crippen MR) is 71.8 cm³/mol. The van der Waals surface area contributed by atoms with E-state index in [9.17, 15) is 0 Å². The van der Waals surface area contributed by atoms with Crippen molar-refractivity contribution in [3.63, 3.8) is 0 Å². The molecule has 2 heterocycles. The van der Waals surface area contributed by atoms with Crippen LogP contribution >= 0.6 is 0 Å². The fourth-order valence-electron chi connectivity index (χ4n) is 2.09. The molecule has 0 radical (unpaired) electrons. The number of hydrogen-bond acceptors (Lipinski definition) is 2. The Bertz CT molecular complexity index is 656. The van der Waals surface area contributed by atoms with Gasteiger partial charge in [-0.1, -0.05) is 18.2 Å². The van der Waals surface area contributed by atoms with Crippen molar-refractivity contribution in [3.8, 4) is 16.9 Å². The van der Waals surface area contributed by atoms with Gasteiger partial charge in [-0.05, 0) is 30.7 Å². The molecular formula is C15H14N2O. The summed E-state index contributed by atoms with van der Waals surface area (Å²) in [5.74, 6) is 0.904. The van der Waals surface area contributed by atoms with Gasteiger partial charge in [0.15, 0.2) is 0 Å². The highest BCUT2D eigenvalue weighted by Crippen LogP contribution is 2.26. The van der Waals surface area contributed by atoms with Crippen LogP contribution in [0.5, 0.6) is 5.75 Å². The van der Waals surface area contributed by atoms with Crippen molar-refractivity contribution >= 4 is 5.52 Å². The van der Waals surface area contributed by atoms with Crippen molar-refractivity contribution in [3.05, 3.63) is 55.1 Å². The summed E-state index contributed by atoms with van der Waals surface area (Å²) in [4.78, 5) is 4.17. The molecule has 1 aromatic carbocycles. The predicted octanol–water partition coefficient (Wildman–Crippen LogP) is 3.40. The molecule has 3 nitrogen and oxygen atoms in total. The molecule has 0 amide bonds. The SMILES string of the molecule is CCOc1ccc(-c2cccn3cncc23)cc1. The van der Waals surface area contributed by atoms with Crippen LogP contribution in [0.1, 0.15) is 6.92 Å². The maximum atomic E-state index is 5.45. The molecule has 0 bridgehead atoms. The lowest BCUT2D eigenvalue weighted by molar-refractivity contribution is 0.340. The monoisotopic (exact) mass is 238 g/mol. The van der Waals surface area contributed by atoms with Gasteiger partial charge in [0, 0.05) is 11.8 Å². The Morgan fingerprint density at radius 3 is 2.78 bits per heavy atom. The van der Waals surface area contributed by atoms with Gasteiger partial charge in [-0.25, -0.2) is 4.98 Å². The zero-order valence-electron chi connectivity index (χ0n) is 10.2. The zero-order valence-corrected chi connectivity index (χ0v) is 10.2. The van der Waals surface area contributed by atoms with E-state index in [1.165, 1.54) is 11.1 Å². The Kier molecular flexibility index (Phi) is 2.73. The van der Waals surface area contributed by atoms with Gasteiger partial charge in [0.2, 0.25) is 0 Å². The summed E-state index contributed by atoms with van der Waals surface area (Å²) in [6.07, 6.45) is 5.69. The third-order valence-electron chi connectivity index (χ3n) is 2.93. The number of hydrogen-bond donors (Lipinski definition) is 0. The summed E-state index contributed by atoms with van der Waals surface area (Å²) in [7, 11) is 0. The fourth-order valence-corrected chi connectivity index (χ4v) is 2.09. The molecule has 3 heteroatoms. The minimum absolute atomic E-state index is 0.692. The molecule has 2 aromatic heterocycles. The minimum Gasteiger partial charge on any atom is -0.494 e. The lowest BCUT2D eigenvalue weighted by atomic mass is 10.1. The molecule has 0 saturated carbocycles. The molecule has 3 rings (SSSR count). The highest BCUT2D eigenvalue weighted by Gasteiger charge is 2.04. The number of nitrogens with zero attached hydrogens (tertiary/aromatic N) is 2. The first-order chi connectivity index (χ1) is 8.88. The van der Waals surface area contributed by atoms with Crippen LogP contribution in [0.2, 0.25) is 0 Å². The van der Waals surface area contributed by atoms with E-state index in [0.29, 0.717) is 6.61 Å². The quantitative estimate of drug-likeness (QED) is 0.699. The zero-order chi connectivity index (χ0) is 12.4. The number of aromatic nitrogens is 2. The molecule has 0 N–H and O–H groups in total. The van der Waals surface area contributed by atoms with Gasteiger partial charge < -0.3 is 9.14 Å². The molecule has 0 aliphatic carbocycles. The Labute approximate surface area is 106 Å². The Morgan fingerprint density at radius 1 is 1.17 bits per heavy atom. The molecule has 0 spiro atoms. The molecule has 90 valence electrons. The summed E-state index contributed by atoms with van der Waals surface area (Å²) >= 11 is 0. The number of ether oxygens (including phenoxy) is 1. The van der Waals surface area contributed by atoms with Crippen molar-refractivity contribution in [2.75, 3.05) is 6.61 Å². The van der Waals surface area contributed by atoms with E-state index in [0.717, 1.165) is 11.3 Å². The van der Waals surface area contributed by atoms with Gasteiger partial charge >= 0.3 is 0 Å². The smallest absolute Gasteiger partial charge is 0.119 e. The van der Waals surface area contributed by atoms with Crippen LogP contribution in [0.25, 0.3) is 16.6 Å². The molecule has 0 saturated heterocycles. The van der Waals surface area contributed by atoms with Gasteiger partial charge in [-0.15, -0.1) is 0 Å². The van der Waals surface area contributed by atoms with Gasteiger partial charge in [0.25, 0.3) is 0 Å². The second kappa shape index (κ2) is 4.53. The average Bonchev–Trinajstić information content (AvgIpc) is 2.88. The summed E-state index contributed by atoms with van der Waals surface area (Å²) in [6, 6.07) is 12.3. The Balaban J connectivity index is 2.06. The normalized spacial score (nSPS) is 10.7. The van der Waals surface area contributed by atoms with Gasteiger partial charge in [0.1, 0.15) is 5.75 Å². The van der Waals surface area contributed by atoms with Crippen LogP contribution in [0.15, 0.2) is 55.1 Å². The number of benzene rings is 1. The Hall–Kier alpha value is -2.29. The van der Waals surface area contributed by atoms with Crippen LogP contribution in [0.4, 0.5) is 0 Å². The van der Waals surface area contributed by atoms with E-state index >= 15 is 0 Å². The van der Waals surface area contributed by atoms with Crippen molar-refractivity contribution < 1.29 is 4.74 Å². The summed E-state index contributed by atoms with van der Waals surface area (Å²) in [6.45, 7) is 2.68. The lowest BCUT2D eigenvalue weighted by Crippen LogP contribution is -1.91. The molecule has 0 aliphatic heterocycles. The van der Waals surface area contributed by atoms with E-state index in [1.807, 2.05) is 48.2 Å². The second-order valence-corrected chi connectivity index (χ2v) is 4.07. The van der Waals surface area contributed by atoms with Crippen molar-refractivity contribution in [1.82, 2.24) is 9.38 Å². The number of pyridine rings is 1. The molecule has 0 fully saturated rings. The van der Waals surface area contributed by atoms with Crippen LogP contribution in [-0.2, 0) is 0 Å². The fraction of sp³-hybridized carbons (Fsp3) is 0.133. The lowest BCUT2D eigenvalue weighted by Gasteiger charge is -2.06. The van der Waals surface area contributed by atoms with Crippen molar-refractivity contribution in [2.24, 2.45) is 0 Å². The van der Waals surface area contributed by atoms with E-state index in [-0.39, 0.29) is 0 Å². The van der Waals surface area contributed by atoms with Crippen LogP contribution in [-0.4, -0.2) is 16.0 Å². The first-order valence-electron chi connectivity index (χ1n) is 6.02. The summed E-state index contributed by atoms with van der Waals surface area (Å²) < 4.78 is 7.47. The van der Waals surface area contributed by atoms with Crippen LogP contribution < -0.4 is 4.74 Å². The van der Waals surface area contributed by atoms with Gasteiger partial charge in [-0.3, -0.25) is 0 Å². The highest BCUT2D eigenvalue weighted by molar-refractivity contribution is 5.79. The van der Waals surface area contributed by atoms with E-state index in [4.69, 9.17) is 4.74 Å². The number of fused-ring (bicyclic) bond motifs is 1. The molecule has 0 unspecified atom stereocenters. The third-order valence-corrected chi connectivity index (χ3v) is 2.93. The maximum Gasteiger partial charge on any atom is 0.119 e. The van der Waals surface area contributed by atoms with Crippen molar-refractivity contribution in [1.29, 1.82) is 0 Å². The molecule has 18 heavy (non-hydrogen) atoms. The Morgan fingerprint density at radius 2 is 2.00 bits per heavy atom. The van der Waals surface area contributed by atoms with E-state index in [2.05, 4.69) is 23.2 Å². The van der Waals surface area contributed by atoms with E-state index in [1.54, 1.807) is 0 Å². The first kappa shape index (κ1) is 10.8. The highest BCUT2D eigenvalue weighted by atomic mass is 16.5. The van der Waals surface area contributed by atoms with Crippen LogP contribution in [0.3, 0.4) is 0 Å². The molecular weight excluding hydrogens is 224 g/mol. The number of imidazole rings is 1.